The smallest absolute Gasteiger partial charge is 0.244 e. The minimum Gasteiger partial charge on any atom is -0.352 e. The first-order valence-electron chi connectivity index (χ1n) is 12.5. The van der Waals surface area contributed by atoms with Crippen LogP contribution in [0, 0.1) is 6.92 Å². The van der Waals surface area contributed by atoms with Crippen molar-refractivity contribution in [3.05, 3.63) is 64.7 Å². The number of nitrogens with one attached hydrogen (secondary N) is 1. The van der Waals surface area contributed by atoms with Gasteiger partial charge in [0.2, 0.25) is 21.8 Å². The summed E-state index contributed by atoms with van der Waals surface area (Å²) >= 11 is 5.98. The lowest BCUT2D eigenvalue weighted by molar-refractivity contribution is -0.140. The van der Waals surface area contributed by atoms with E-state index >= 15 is 0 Å². The summed E-state index contributed by atoms with van der Waals surface area (Å²) in [7, 11) is -3.77. The maximum Gasteiger partial charge on any atom is 0.244 e. The van der Waals surface area contributed by atoms with Crippen molar-refractivity contribution in [3.8, 4) is 0 Å². The van der Waals surface area contributed by atoms with Crippen LogP contribution in [0.25, 0.3) is 0 Å². The van der Waals surface area contributed by atoms with Gasteiger partial charge in [-0.3, -0.25) is 13.9 Å². The Morgan fingerprint density at radius 2 is 1.69 bits per heavy atom. The van der Waals surface area contributed by atoms with Crippen molar-refractivity contribution in [3.63, 3.8) is 0 Å². The maximum absolute atomic E-state index is 13.8. The summed E-state index contributed by atoms with van der Waals surface area (Å²) in [4.78, 5) is 28.7. The second-order valence-corrected chi connectivity index (χ2v) is 11.8. The van der Waals surface area contributed by atoms with Gasteiger partial charge in [-0.1, -0.05) is 62.1 Å². The van der Waals surface area contributed by atoms with E-state index in [1.165, 1.54) is 11.3 Å². The van der Waals surface area contributed by atoms with Crippen molar-refractivity contribution >= 4 is 39.1 Å². The van der Waals surface area contributed by atoms with Gasteiger partial charge in [0, 0.05) is 17.6 Å². The third kappa shape index (κ3) is 7.46. The van der Waals surface area contributed by atoms with Crippen molar-refractivity contribution < 1.29 is 18.0 Å². The summed E-state index contributed by atoms with van der Waals surface area (Å²) in [6.45, 7) is 3.62. The minimum absolute atomic E-state index is 0.109. The van der Waals surface area contributed by atoms with Crippen LogP contribution in [0.15, 0.2) is 48.5 Å². The van der Waals surface area contributed by atoms with E-state index in [9.17, 15) is 18.0 Å². The first-order chi connectivity index (χ1) is 17.1. The van der Waals surface area contributed by atoms with Crippen LogP contribution in [-0.2, 0) is 26.2 Å². The molecule has 0 bridgehead atoms. The number of rotatable bonds is 10. The molecule has 0 spiro atoms. The molecular weight excluding hydrogens is 498 g/mol. The lowest BCUT2D eigenvalue weighted by atomic mass is 9.95. The fraction of sp³-hybridized carbons (Fsp3) is 0.481. The molecule has 1 aliphatic carbocycles. The third-order valence-corrected chi connectivity index (χ3v) is 8.13. The predicted molar refractivity (Wildman–Crippen MR) is 144 cm³/mol. The van der Waals surface area contributed by atoms with Crippen LogP contribution in [0.5, 0.6) is 0 Å². The van der Waals surface area contributed by atoms with Crippen LogP contribution >= 0.6 is 11.6 Å². The monoisotopic (exact) mass is 533 g/mol. The van der Waals surface area contributed by atoms with E-state index in [1.807, 2.05) is 38.1 Å². The summed E-state index contributed by atoms with van der Waals surface area (Å²) in [5.41, 5.74) is 2.24. The minimum atomic E-state index is -3.77. The van der Waals surface area contributed by atoms with Crippen LogP contribution in [0.4, 0.5) is 5.69 Å². The standard InChI is InChI=1S/C27H36ClN3O4S/c1-4-25(27(33)29-23-12-6-5-7-13-23)30(18-21-11-9-8-10-20(21)2)26(32)19-31(36(3,34)35)24-16-14-22(28)15-17-24/h8-11,14-17,23,25H,4-7,12-13,18-19H2,1-3H3,(H,29,33)/t25-/m0/s1. The molecule has 1 aliphatic rings. The second-order valence-electron chi connectivity index (χ2n) is 9.46. The normalized spacial score (nSPS) is 15.2. The average molecular weight is 534 g/mol. The lowest BCUT2D eigenvalue weighted by Gasteiger charge is -2.34. The number of halogens is 1. The number of aryl methyl sites for hydroxylation is 1. The fourth-order valence-corrected chi connectivity index (χ4v) is 5.63. The van der Waals surface area contributed by atoms with Gasteiger partial charge in [0.25, 0.3) is 0 Å². The number of benzene rings is 2. The number of hydrogen-bond donors (Lipinski definition) is 1. The van der Waals surface area contributed by atoms with Gasteiger partial charge in [-0.05, 0) is 61.6 Å². The van der Waals surface area contributed by atoms with E-state index in [-0.39, 0.29) is 18.5 Å². The molecule has 0 unspecified atom stereocenters. The van der Waals surface area contributed by atoms with Crippen molar-refractivity contribution in [1.82, 2.24) is 10.2 Å². The molecule has 2 aromatic rings. The van der Waals surface area contributed by atoms with Gasteiger partial charge in [-0.25, -0.2) is 8.42 Å². The molecule has 0 radical (unpaired) electrons. The van der Waals surface area contributed by atoms with Gasteiger partial charge in [-0.15, -0.1) is 0 Å². The fourth-order valence-electron chi connectivity index (χ4n) is 4.66. The summed E-state index contributed by atoms with van der Waals surface area (Å²) < 4.78 is 26.4. The first-order valence-corrected chi connectivity index (χ1v) is 14.7. The highest BCUT2D eigenvalue weighted by atomic mass is 35.5. The van der Waals surface area contributed by atoms with Gasteiger partial charge in [-0.2, -0.15) is 0 Å². The molecule has 2 aromatic carbocycles. The number of nitrogens with zero attached hydrogens (tertiary/aromatic N) is 2. The quantitative estimate of drug-likeness (QED) is 0.481. The van der Waals surface area contributed by atoms with Crippen LogP contribution in [-0.4, -0.2) is 50.0 Å². The number of hydrogen-bond acceptors (Lipinski definition) is 4. The molecule has 7 nitrogen and oxygen atoms in total. The van der Waals surface area contributed by atoms with Crippen LogP contribution in [0.1, 0.15) is 56.6 Å². The zero-order chi connectivity index (χ0) is 26.3. The largest absolute Gasteiger partial charge is 0.352 e. The Bertz CT molecular complexity index is 1150. The number of carbonyl (C=O) groups excluding carboxylic acids is 2. The highest BCUT2D eigenvalue weighted by Crippen LogP contribution is 2.23. The lowest BCUT2D eigenvalue weighted by Crippen LogP contribution is -2.54. The van der Waals surface area contributed by atoms with Gasteiger partial charge in [0.1, 0.15) is 12.6 Å². The van der Waals surface area contributed by atoms with Crippen molar-refractivity contribution in [2.45, 2.75) is 71.0 Å². The van der Waals surface area contributed by atoms with E-state index in [0.717, 1.165) is 47.4 Å². The molecule has 2 amide bonds. The van der Waals surface area contributed by atoms with E-state index in [4.69, 9.17) is 11.6 Å². The van der Waals surface area contributed by atoms with Crippen molar-refractivity contribution in [1.29, 1.82) is 0 Å². The molecule has 0 heterocycles. The number of anilines is 1. The third-order valence-electron chi connectivity index (χ3n) is 6.73. The molecule has 3 rings (SSSR count). The molecule has 1 saturated carbocycles. The Hall–Kier alpha value is -2.58. The topological polar surface area (TPSA) is 86.8 Å². The van der Waals surface area contributed by atoms with Gasteiger partial charge in [0.15, 0.2) is 0 Å². The molecule has 0 aromatic heterocycles. The number of amides is 2. The molecule has 9 heteroatoms. The molecule has 1 N–H and O–H groups in total. The highest BCUT2D eigenvalue weighted by Gasteiger charge is 2.33. The Morgan fingerprint density at radius 3 is 2.28 bits per heavy atom. The molecular formula is C27H36ClN3O4S. The Kier molecular flexibility index (Phi) is 9.79. The summed E-state index contributed by atoms with van der Waals surface area (Å²) in [5.74, 6) is -0.631. The molecule has 0 aliphatic heterocycles. The van der Waals surface area contributed by atoms with E-state index in [0.29, 0.717) is 17.1 Å². The van der Waals surface area contributed by atoms with Crippen LogP contribution < -0.4 is 9.62 Å². The average Bonchev–Trinajstić information content (AvgIpc) is 2.84. The molecule has 0 saturated heterocycles. The highest BCUT2D eigenvalue weighted by molar-refractivity contribution is 7.92. The van der Waals surface area contributed by atoms with E-state index < -0.39 is 28.5 Å². The van der Waals surface area contributed by atoms with Crippen molar-refractivity contribution in [2.24, 2.45) is 0 Å². The summed E-state index contributed by atoms with van der Waals surface area (Å²) in [6.07, 6.45) is 6.69. The summed E-state index contributed by atoms with van der Waals surface area (Å²) in [5, 5.41) is 3.61. The summed E-state index contributed by atoms with van der Waals surface area (Å²) in [6, 6.07) is 13.4. The van der Waals surface area contributed by atoms with Gasteiger partial charge >= 0.3 is 0 Å². The van der Waals surface area contributed by atoms with E-state index in [1.54, 1.807) is 24.3 Å². The SMILES string of the molecule is CC[C@@H](C(=O)NC1CCCCC1)N(Cc1ccccc1C)C(=O)CN(c1ccc(Cl)cc1)S(C)(=O)=O. The first kappa shape index (κ1) is 28.0. The number of carbonyl (C=O) groups is 2. The van der Waals surface area contributed by atoms with Crippen molar-refractivity contribution in [2.75, 3.05) is 17.1 Å². The van der Waals surface area contributed by atoms with Crippen LogP contribution in [0.3, 0.4) is 0 Å². The predicted octanol–water partition coefficient (Wildman–Crippen LogP) is 4.67. The number of sulfonamides is 1. The Morgan fingerprint density at radius 1 is 1.06 bits per heavy atom. The zero-order valence-electron chi connectivity index (χ0n) is 21.2. The zero-order valence-corrected chi connectivity index (χ0v) is 22.8. The molecule has 1 atom stereocenters. The van der Waals surface area contributed by atoms with Gasteiger partial charge in [0.05, 0.1) is 11.9 Å². The maximum atomic E-state index is 13.8. The molecule has 1 fully saturated rings. The Balaban J connectivity index is 1.91. The molecule has 36 heavy (non-hydrogen) atoms. The molecule has 196 valence electrons. The van der Waals surface area contributed by atoms with Crippen LogP contribution in [0.2, 0.25) is 5.02 Å². The van der Waals surface area contributed by atoms with Gasteiger partial charge < -0.3 is 10.2 Å². The van der Waals surface area contributed by atoms with E-state index in [2.05, 4.69) is 5.32 Å². The second kappa shape index (κ2) is 12.6. The Labute approximate surface area is 219 Å².